The molecular weight excluding hydrogens is 368 g/mol. The highest BCUT2D eigenvalue weighted by Gasteiger charge is 2.23. The molecule has 29 heavy (non-hydrogen) atoms. The van der Waals surface area contributed by atoms with Crippen molar-refractivity contribution in [2.45, 2.75) is 12.5 Å². The second-order valence-electron chi connectivity index (χ2n) is 7.00. The molecule has 1 aromatic carbocycles. The van der Waals surface area contributed by atoms with E-state index in [9.17, 15) is 4.79 Å². The maximum atomic E-state index is 12.5. The first-order chi connectivity index (χ1) is 14.2. The summed E-state index contributed by atoms with van der Waals surface area (Å²) in [5.74, 6) is 0.732. The standard InChI is InChI=1S/C22H20N4O3/c1-28-17-9-11-25-19(13-17)21(22(24-25)15-5-3-2-4-6-15)18-7-8-20(27)26(23-18)16-10-12-29-14-16/h2-9,11,13,16H,10,12,14H2,1H3. The summed E-state index contributed by atoms with van der Waals surface area (Å²) in [6, 6.07) is 17.1. The minimum Gasteiger partial charge on any atom is -0.497 e. The van der Waals surface area contributed by atoms with Gasteiger partial charge in [-0.2, -0.15) is 10.2 Å². The van der Waals surface area contributed by atoms with Crippen molar-refractivity contribution in [2.75, 3.05) is 20.3 Å². The van der Waals surface area contributed by atoms with Crippen molar-refractivity contribution in [2.24, 2.45) is 0 Å². The molecule has 4 heterocycles. The normalized spacial score (nSPS) is 16.4. The van der Waals surface area contributed by atoms with E-state index in [-0.39, 0.29) is 11.6 Å². The Labute approximate surface area is 167 Å². The summed E-state index contributed by atoms with van der Waals surface area (Å²) in [6.45, 7) is 1.15. The molecule has 4 aromatic rings. The van der Waals surface area contributed by atoms with E-state index >= 15 is 0 Å². The minimum atomic E-state index is -0.125. The van der Waals surface area contributed by atoms with Crippen molar-refractivity contribution in [3.05, 3.63) is 71.1 Å². The molecule has 146 valence electrons. The molecule has 7 nitrogen and oxygen atoms in total. The number of nitrogens with zero attached hydrogens (tertiary/aromatic N) is 4. The molecule has 0 N–H and O–H groups in total. The average molecular weight is 388 g/mol. The van der Waals surface area contributed by atoms with Crippen LogP contribution >= 0.6 is 0 Å². The molecule has 1 aliphatic heterocycles. The van der Waals surface area contributed by atoms with Gasteiger partial charge in [-0.05, 0) is 18.6 Å². The van der Waals surface area contributed by atoms with Gasteiger partial charge in [0.2, 0.25) is 0 Å². The molecule has 1 fully saturated rings. The number of aromatic nitrogens is 4. The Morgan fingerprint density at radius 3 is 2.72 bits per heavy atom. The Hall–Kier alpha value is -3.45. The summed E-state index contributed by atoms with van der Waals surface area (Å²) in [5.41, 5.74) is 4.08. The smallest absolute Gasteiger partial charge is 0.267 e. The Balaban J connectivity index is 1.77. The van der Waals surface area contributed by atoms with Crippen LogP contribution < -0.4 is 10.3 Å². The quantitative estimate of drug-likeness (QED) is 0.537. The number of hydrogen-bond acceptors (Lipinski definition) is 5. The van der Waals surface area contributed by atoms with Gasteiger partial charge >= 0.3 is 0 Å². The first kappa shape index (κ1) is 17.6. The Kier molecular flexibility index (Phi) is 4.37. The fraction of sp³-hybridized carbons (Fsp3) is 0.227. The van der Waals surface area contributed by atoms with Gasteiger partial charge in [0.25, 0.3) is 5.56 Å². The third kappa shape index (κ3) is 3.09. The average Bonchev–Trinajstić information content (AvgIpc) is 3.42. The minimum absolute atomic E-state index is 0.0426. The van der Waals surface area contributed by atoms with E-state index in [0.717, 1.165) is 34.5 Å². The van der Waals surface area contributed by atoms with Gasteiger partial charge in [0.05, 0.1) is 36.5 Å². The van der Waals surface area contributed by atoms with Gasteiger partial charge in [-0.15, -0.1) is 0 Å². The Morgan fingerprint density at radius 2 is 1.97 bits per heavy atom. The van der Waals surface area contributed by atoms with Crippen molar-refractivity contribution >= 4 is 5.52 Å². The summed E-state index contributed by atoms with van der Waals surface area (Å²) in [5, 5.41) is 9.51. The predicted octanol–water partition coefficient (Wildman–Crippen LogP) is 3.20. The van der Waals surface area contributed by atoms with Crippen molar-refractivity contribution in [3.8, 4) is 28.3 Å². The third-order valence-electron chi connectivity index (χ3n) is 5.22. The number of hydrogen-bond donors (Lipinski definition) is 0. The van der Waals surface area contributed by atoms with Crippen LogP contribution in [0.25, 0.3) is 28.0 Å². The summed E-state index contributed by atoms with van der Waals surface area (Å²) in [4.78, 5) is 12.5. The van der Waals surface area contributed by atoms with E-state index in [0.29, 0.717) is 18.9 Å². The van der Waals surface area contributed by atoms with E-state index in [1.807, 2.05) is 53.2 Å². The maximum absolute atomic E-state index is 12.5. The zero-order valence-electron chi connectivity index (χ0n) is 16.0. The zero-order valence-corrected chi connectivity index (χ0v) is 16.0. The van der Waals surface area contributed by atoms with Crippen LogP contribution in [0.15, 0.2) is 65.6 Å². The summed E-state index contributed by atoms with van der Waals surface area (Å²) in [6.07, 6.45) is 2.65. The third-order valence-corrected chi connectivity index (χ3v) is 5.22. The molecule has 0 saturated carbocycles. The number of methoxy groups -OCH3 is 1. The second kappa shape index (κ2) is 7.18. The summed E-state index contributed by atoms with van der Waals surface area (Å²) in [7, 11) is 1.64. The number of fused-ring (bicyclic) bond motifs is 1. The largest absolute Gasteiger partial charge is 0.497 e. The van der Waals surface area contributed by atoms with Crippen molar-refractivity contribution in [1.82, 2.24) is 19.4 Å². The molecule has 0 amide bonds. The topological polar surface area (TPSA) is 70.7 Å². The van der Waals surface area contributed by atoms with E-state index in [1.54, 1.807) is 23.9 Å². The molecule has 1 aliphatic rings. The van der Waals surface area contributed by atoms with Crippen LogP contribution in [0.4, 0.5) is 0 Å². The highest BCUT2D eigenvalue weighted by molar-refractivity contribution is 5.91. The van der Waals surface area contributed by atoms with Crippen LogP contribution in [0.3, 0.4) is 0 Å². The lowest BCUT2D eigenvalue weighted by molar-refractivity contribution is 0.183. The molecule has 0 radical (unpaired) electrons. The van der Waals surface area contributed by atoms with E-state index in [2.05, 4.69) is 0 Å². The Bertz CT molecular complexity index is 1220. The van der Waals surface area contributed by atoms with Crippen molar-refractivity contribution < 1.29 is 9.47 Å². The second-order valence-corrected chi connectivity index (χ2v) is 7.00. The summed E-state index contributed by atoms with van der Waals surface area (Å²) >= 11 is 0. The highest BCUT2D eigenvalue weighted by Crippen LogP contribution is 2.35. The van der Waals surface area contributed by atoms with E-state index in [4.69, 9.17) is 19.7 Å². The van der Waals surface area contributed by atoms with E-state index < -0.39 is 0 Å². The molecule has 1 unspecified atom stereocenters. The van der Waals surface area contributed by atoms with Crippen molar-refractivity contribution in [1.29, 1.82) is 0 Å². The van der Waals surface area contributed by atoms with Crippen molar-refractivity contribution in [3.63, 3.8) is 0 Å². The fourth-order valence-corrected chi connectivity index (χ4v) is 3.74. The lowest BCUT2D eigenvalue weighted by atomic mass is 10.0. The highest BCUT2D eigenvalue weighted by atomic mass is 16.5. The first-order valence-corrected chi connectivity index (χ1v) is 9.54. The van der Waals surface area contributed by atoms with Crippen LogP contribution in [-0.2, 0) is 4.74 Å². The molecule has 1 atom stereocenters. The first-order valence-electron chi connectivity index (χ1n) is 9.54. The van der Waals surface area contributed by atoms with Gasteiger partial charge in [0.1, 0.15) is 11.4 Å². The predicted molar refractivity (Wildman–Crippen MR) is 109 cm³/mol. The zero-order chi connectivity index (χ0) is 19.8. The summed E-state index contributed by atoms with van der Waals surface area (Å²) < 4.78 is 14.2. The SMILES string of the molecule is COc1ccn2nc(-c3ccccc3)c(-c3ccc(=O)n(C4CCOC4)n3)c2c1. The molecule has 1 saturated heterocycles. The number of rotatable bonds is 4. The van der Waals surface area contributed by atoms with Crippen LogP contribution in [0.2, 0.25) is 0 Å². The van der Waals surface area contributed by atoms with Gasteiger partial charge in [-0.25, -0.2) is 9.20 Å². The van der Waals surface area contributed by atoms with Crippen LogP contribution in [-0.4, -0.2) is 39.7 Å². The number of ether oxygens (including phenoxy) is 2. The fourth-order valence-electron chi connectivity index (χ4n) is 3.74. The molecular formula is C22H20N4O3. The van der Waals surface area contributed by atoms with Gasteiger partial charge in [0.15, 0.2) is 0 Å². The van der Waals surface area contributed by atoms with Crippen LogP contribution in [0.5, 0.6) is 5.75 Å². The monoisotopic (exact) mass is 388 g/mol. The van der Waals surface area contributed by atoms with Gasteiger partial charge < -0.3 is 9.47 Å². The van der Waals surface area contributed by atoms with E-state index in [1.165, 1.54) is 0 Å². The molecule has 5 rings (SSSR count). The maximum Gasteiger partial charge on any atom is 0.267 e. The lowest BCUT2D eigenvalue weighted by Crippen LogP contribution is -2.27. The van der Waals surface area contributed by atoms with Crippen LogP contribution in [0.1, 0.15) is 12.5 Å². The lowest BCUT2D eigenvalue weighted by Gasteiger charge is -2.12. The van der Waals surface area contributed by atoms with Crippen LogP contribution in [0, 0.1) is 0 Å². The molecule has 3 aromatic heterocycles. The number of pyridine rings is 1. The Morgan fingerprint density at radius 1 is 1.10 bits per heavy atom. The molecule has 0 aliphatic carbocycles. The number of benzene rings is 1. The van der Waals surface area contributed by atoms with Gasteiger partial charge in [-0.1, -0.05) is 30.3 Å². The van der Waals surface area contributed by atoms with Gasteiger partial charge in [-0.3, -0.25) is 4.79 Å². The molecule has 0 spiro atoms. The van der Waals surface area contributed by atoms with Gasteiger partial charge in [0, 0.05) is 30.5 Å². The molecule has 0 bridgehead atoms. The molecule has 7 heteroatoms.